The van der Waals surface area contributed by atoms with Crippen LogP contribution in [0, 0.1) is 22.9 Å². The van der Waals surface area contributed by atoms with Crippen molar-refractivity contribution in [1.82, 2.24) is 0 Å². The van der Waals surface area contributed by atoms with Gasteiger partial charge in [0.05, 0.1) is 0 Å². The van der Waals surface area contributed by atoms with Gasteiger partial charge in [0.2, 0.25) is 0 Å². The molecule has 0 radical (unpaired) electrons. The summed E-state index contributed by atoms with van der Waals surface area (Å²) in [5, 5.41) is 5.44. The first-order chi connectivity index (χ1) is 25.2. The lowest BCUT2D eigenvalue weighted by atomic mass is 9.79. The van der Waals surface area contributed by atoms with Crippen LogP contribution in [-0.4, -0.2) is 16.1 Å². The van der Waals surface area contributed by atoms with Crippen molar-refractivity contribution < 1.29 is 0 Å². The summed E-state index contributed by atoms with van der Waals surface area (Å²) in [6.07, 6.45) is 4.88. The summed E-state index contributed by atoms with van der Waals surface area (Å²) in [6, 6.07) is 46.5. The monoisotopic (exact) mass is 736 g/mol. The maximum atomic E-state index is 3.98. The fourth-order valence-electron chi connectivity index (χ4n) is 8.17. The smallest absolute Gasteiger partial charge is 0.134 e. The van der Waals surface area contributed by atoms with Crippen molar-refractivity contribution in [2.75, 3.05) is 0 Å². The zero-order valence-corrected chi connectivity index (χ0v) is 33.7. The lowest BCUT2D eigenvalue weighted by molar-refractivity contribution is 0.817. The van der Waals surface area contributed by atoms with E-state index in [1.807, 2.05) is 23.1 Å². The van der Waals surface area contributed by atoms with Crippen molar-refractivity contribution in [3.63, 3.8) is 0 Å². The molecular formula is C48H40S2Si2. The third-order valence-electron chi connectivity index (χ3n) is 10.5. The van der Waals surface area contributed by atoms with Crippen LogP contribution in [0.15, 0.2) is 132 Å². The van der Waals surface area contributed by atoms with Crippen LogP contribution in [0.25, 0.3) is 37.0 Å². The summed E-state index contributed by atoms with van der Waals surface area (Å²) in [5.41, 5.74) is 17.2. The number of benzene rings is 6. The van der Waals surface area contributed by atoms with E-state index in [4.69, 9.17) is 0 Å². The topological polar surface area (TPSA) is 0 Å². The third kappa shape index (κ3) is 6.09. The van der Waals surface area contributed by atoms with Crippen LogP contribution in [0.3, 0.4) is 0 Å². The molecule has 1 aliphatic carbocycles. The highest BCUT2D eigenvalue weighted by molar-refractivity contribution is 8.00. The van der Waals surface area contributed by atoms with Crippen molar-refractivity contribution in [3.05, 3.63) is 166 Å². The molecule has 4 heteroatoms. The molecule has 7 aromatic rings. The molecule has 2 heterocycles. The van der Waals surface area contributed by atoms with E-state index in [1.54, 1.807) is 0 Å². The number of allylic oxidation sites excluding steroid dienone is 1. The van der Waals surface area contributed by atoms with Gasteiger partial charge in [0.15, 0.2) is 0 Å². The van der Waals surface area contributed by atoms with Crippen LogP contribution >= 0.6 is 23.1 Å². The van der Waals surface area contributed by atoms with E-state index in [-0.39, 0.29) is 5.25 Å². The molecule has 0 bridgehead atoms. The fraction of sp³-hybridized carbons (Fsp3) is 0.167. The molecular weight excluding hydrogens is 697 g/mol. The van der Waals surface area contributed by atoms with Gasteiger partial charge in [-0.05, 0) is 52.0 Å². The van der Waals surface area contributed by atoms with E-state index in [0.29, 0.717) is 5.92 Å². The second kappa shape index (κ2) is 13.1. The first-order valence-electron chi connectivity index (χ1n) is 18.3. The van der Waals surface area contributed by atoms with E-state index in [0.717, 1.165) is 12.1 Å². The van der Waals surface area contributed by atoms with E-state index in [1.165, 1.54) is 74.8 Å². The lowest BCUT2D eigenvalue weighted by Crippen LogP contribution is -2.27. The zero-order valence-electron chi connectivity index (χ0n) is 30.1. The molecule has 0 nitrogen and oxygen atoms in total. The Morgan fingerprint density at radius 2 is 1.19 bits per heavy atom. The highest BCUT2D eigenvalue weighted by atomic mass is 32.2. The van der Waals surface area contributed by atoms with Crippen LogP contribution in [0.5, 0.6) is 0 Å². The second-order valence-electron chi connectivity index (χ2n) is 15.6. The molecule has 1 aromatic heterocycles. The standard InChI is InChI=1S/C48H40S2Si2/c1-51(2,31-33-15-7-5-8-16-33)29-27-39-37-23-25-42-36-20-12-14-22-44(36)50-48(42)46(37)40(28-30-52(3,4)32-34-17-9-6-10-18-34)38-24-26-41-35-19-11-13-21-43(35)49-47(41)45(38)39/h5-26,41,47H,31-32H2,1-4H3. The van der Waals surface area contributed by atoms with Gasteiger partial charge in [-0.25, -0.2) is 0 Å². The van der Waals surface area contributed by atoms with Crippen molar-refractivity contribution >= 4 is 76.3 Å². The summed E-state index contributed by atoms with van der Waals surface area (Å²) >= 11 is 3.93. The van der Waals surface area contributed by atoms with Crippen molar-refractivity contribution in [2.45, 2.75) is 54.3 Å². The summed E-state index contributed by atoms with van der Waals surface area (Å²) in [6.45, 7) is 9.69. The van der Waals surface area contributed by atoms with Gasteiger partial charge in [-0.3, -0.25) is 0 Å². The first-order valence-corrected chi connectivity index (χ1v) is 26.4. The van der Waals surface area contributed by atoms with Crippen LogP contribution < -0.4 is 0 Å². The maximum Gasteiger partial charge on any atom is 0.137 e. The largest absolute Gasteiger partial charge is 0.137 e. The number of thioether (sulfide) groups is 1. The summed E-state index contributed by atoms with van der Waals surface area (Å²) in [4.78, 5) is 1.39. The fourth-order valence-corrected chi connectivity index (χ4v) is 14.6. The van der Waals surface area contributed by atoms with Crippen LogP contribution in [-0.2, 0) is 12.1 Å². The SMILES string of the molecule is C[Si](C)(C#Cc1c2c(c(C#C[Si](C)(C)Cc3ccccc3)c3c1ccc1c4ccccc4sc13)C=CC1c3ccccc3SC21)Cc1ccccc1. The average Bonchev–Trinajstić information content (AvgIpc) is 3.72. The van der Waals surface area contributed by atoms with Gasteiger partial charge in [0.1, 0.15) is 16.1 Å². The maximum absolute atomic E-state index is 3.98. The molecule has 2 aliphatic rings. The Balaban J connectivity index is 1.32. The predicted molar refractivity (Wildman–Crippen MR) is 233 cm³/mol. The zero-order chi connectivity index (χ0) is 35.5. The number of fused-ring (bicyclic) bond motifs is 10. The molecule has 0 fully saturated rings. The van der Waals surface area contributed by atoms with Crippen LogP contribution in [0.4, 0.5) is 0 Å². The molecule has 2 atom stereocenters. The molecule has 9 rings (SSSR count). The minimum Gasteiger partial charge on any atom is -0.134 e. The van der Waals surface area contributed by atoms with Crippen molar-refractivity contribution in [1.29, 1.82) is 0 Å². The van der Waals surface area contributed by atoms with Crippen molar-refractivity contribution in [2.24, 2.45) is 0 Å². The molecule has 0 amide bonds. The molecule has 2 unspecified atom stereocenters. The van der Waals surface area contributed by atoms with E-state index in [2.05, 4.69) is 183 Å². The van der Waals surface area contributed by atoms with Gasteiger partial charge in [-0.15, -0.1) is 34.2 Å². The molecule has 52 heavy (non-hydrogen) atoms. The molecule has 0 saturated heterocycles. The van der Waals surface area contributed by atoms with Gasteiger partial charge >= 0.3 is 0 Å². The number of hydrogen-bond acceptors (Lipinski definition) is 2. The third-order valence-corrected chi connectivity index (χ3v) is 17.3. The summed E-state index contributed by atoms with van der Waals surface area (Å²) < 4.78 is 2.65. The summed E-state index contributed by atoms with van der Waals surface area (Å²) in [7, 11) is -3.87. The van der Waals surface area contributed by atoms with Crippen LogP contribution in [0.2, 0.25) is 26.2 Å². The van der Waals surface area contributed by atoms with E-state index in [9.17, 15) is 0 Å². The van der Waals surface area contributed by atoms with Gasteiger partial charge in [-0.1, -0.05) is 159 Å². The predicted octanol–water partition coefficient (Wildman–Crippen LogP) is 12.9. The summed E-state index contributed by atoms with van der Waals surface area (Å²) in [5.74, 6) is 8.26. The van der Waals surface area contributed by atoms with E-state index >= 15 is 0 Å². The Morgan fingerprint density at radius 1 is 0.596 bits per heavy atom. The quantitative estimate of drug-likeness (QED) is 0.128. The molecule has 1 aliphatic heterocycles. The Labute approximate surface area is 318 Å². The second-order valence-corrected chi connectivity index (χ2v) is 26.6. The molecule has 6 aromatic carbocycles. The lowest BCUT2D eigenvalue weighted by Gasteiger charge is -2.28. The van der Waals surface area contributed by atoms with Gasteiger partial charge in [-0.2, -0.15) is 0 Å². The molecule has 0 N–H and O–H groups in total. The number of rotatable bonds is 4. The average molecular weight is 737 g/mol. The highest BCUT2D eigenvalue weighted by Crippen LogP contribution is 2.59. The number of hydrogen-bond donors (Lipinski definition) is 0. The Hall–Kier alpha value is -4.56. The van der Waals surface area contributed by atoms with E-state index < -0.39 is 16.1 Å². The minimum absolute atomic E-state index is 0.262. The first kappa shape index (κ1) is 33.3. The highest BCUT2D eigenvalue weighted by Gasteiger charge is 2.39. The van der Waals surface area contributed by atoms with Crippen LogP contribution in [0.1, 0.15) is 50.1 Å². The van der Waals surface area contributed by atoms with Crippen molar-refractivity contribution in [3.8, 4) is 22.9 Å². The minimum atomic E-state index is -1.94. The molecule has 0 spiro atoms. The normalized spacial score (nSPS) is 16.2. The Bertz CT molecular complexity index is 2680. The van der Waals surface area contributed by atoms with Gasteiger partial charge < -0.3 is 0 Å². The molecule has 252 valence electrons. The molecule has 0 saturated carbocycles. The van der Waals surface area contributed by atoms with Gasteiger partial charge in [0.25, 0.3) is 0 Å². The number of thiophene rings is 1. The Morgan fingerprint density at radius 3 is 1.90 bits per heavy atom. The Kier molecular flexibility index (Phi) is 8.41. The van der Waals surface area contributed by atoms with Gasteiger partial charge in [0, 0.05) is 58.1 Å².